The lowest BCUT2D eigenvalue weighted by molar-refractivity contribution is -0.126. The van der Waals surface area contributed by atoms with Gasteiger partial charge >= 0.3 is 0 Å². The van der Waals surface area contributed by atoms with Crippen LogP contribution in [0.25, 0.3) is 0 Å². The fraction of sp³-hybridized carbons (Fsp3) is 0.944. The van der Waals surface area contributed by atoms with Crippen LogP contribution in [0.15, 0.2) is 0 Å². The number of likely N-dealkylation sites (tertiary alicyclic amines) is 1. The summed E-state index contributed by atoms with van der Waals surface area (Å²) in [5.74, 6) is 2.16. The summed E-state index contributed by atoms with van der Waals surface area (Å²) < 4.78 is 0. The Morgan fingerprint density at radius 3 is 2.38 bits per heavy atom. The number of carbonyl (C=O) groups excluding carboxylic acids is 1. The van der Waals surface area contributed by atoms with Gasteiger partial charge in [0, 0.05) is 19.0 Å². The number of amides is 1. The summed E-state index contributed by atoms with van der Waals surface area (Å²) in [5.41, 5.74) is 0. The van der Waals surface area contributed by atoms with E-state index in [0.717, 1.165) is 44.8 Å². The van der Waals surface area contributed by atoms with Gasteiger partial charge in [0.1, 0.15) is 0 Å². The van der Waals surface area contributed by atoms with Gasteiger partial charge in [-0.15, -0.1) is 0 Å². The second-order valence-electron chi connectivity index (χ2n) is 7.55. The number of nitrogens with zero attached hydrogens (tertiary/aromatic N) is 1. The molecule has 0 radical (unpaired) electrons. The SMILES string of the molecule is CC(C)CCNC(=O)C1CCN(CC2CCCCC2)CC1. The molecule has 1 N–H and O–H groups in total. The van der Waals surface area contributed by atoms with Gasteiger partial charge in [0.15, 0.2) is 0 Å². The number of piperidine rings is 1. The van der Waals surface area contributed by atoms with Gasteiger partial charge in [0.2, 0.25) is 5.91 Å². The highest BCUT2D eigenvalue weighted by atomic mass is 16.1. The van der Waals surface area contributed by atoms with Crippen LogP contribution in [0, 0.1) is 17.8 Å². The Hall–Kier alpha value is -0.570. The second-order valence-corrected chi connectivity index (χ2v) is 7.55. The van der Waals surface area contributed by atoms with E-state index in [-0.39, 0.29) is 5.92 Å². The van der Waals surface area contributed by atoms with Crippen LogP contribution < -0.4 is 5.32 Å². The Bertz CT molecular complexity index is 302. The van der Waals surface area contributed by atoms with Crippen LogP contribution in [0.4, 0.5) is 0 Å². The molecule has 0 bridgehead atoms. The van der Waals surface area contributed by atoms with E-state index in [0.29, 0.717) is 11.8 Å². The Labute approximate surface area is 130 Å². The first-order chi connectivity index (χ1) is 10.1. The van der Waals surface area contributed by atoms with Gasteiger partial charge in [-0.2, -0.15) is 0 Å². The molecule has 2 fully saturated rings. The van der Waals surface area contributed by atoms with E-state index in [4.69, 9.17) is 0 Å². The molecule has 0 aromatic carbocycles. The van der Waals surface area contributed by atoms with Gasteiger partial charge < -0.3 is 10.2 Å². The number of carbonyl (C=O) groups is 1. The molecule has 122 valence electrons. The van der Waals surface area contributed by atoms with Crippen molar-refractivity contribution in [3.63, 3.8) is 0 Å². The quantitative estimate of drug-likeness (QED) is 0.814. The maximum absolute atomic E-state index is 12.1. The van der Waals surface area contributed by atoms with Gasteiger partial charge in [-0.25, -0.2) is 0 Å². The van der Waals surface area contributed by atoms with Crippen molar-refractivity contribution >= 4 is 5.91 Å². The predicted octanol–water partition coefficient (Wildman–Crippen LogP) is 3.44. The van der Waals surface area contributed by atoms with Crippen molar-refractivity contribution in [1.29, 1.82) is 0 Å². The third-order valence-corrected chi connectivity index (χ3v) is 5.22. The highest BCUT2D eigenvalue weighted by Gasteiger charge is 2.26. The number of nitrogens with one attached hydrogen (secondary N) is 1. The Morgan fingerprint density at radius 2 is 1.76 bits per heavy atom. The smallest absolute Gasteiger partial charge is 0.223 e. The van der Waals surface area contributed by atoms with E-state index in [1.165, 1.54) is 38.6 Å². The molecule has 0 atom stereocenters. The molecule has 0 aromatic heterocycles. The minimum Gasteiger partial charge on any atom is -0.356 e. The third kappa shape index (κ3) is 5.98. The molecule has 3 nitrogen and oxygen atoms in total. The van der Waals surface area contributed by atoms with Gasteiger partial charge in [-0.3, -0.25) is 4.79 Å². The molecule has 0 aromatic rings. The summed E-state index contributed by atoms with van der Waals surface area (Å²) >= 11 is 0. The summed E-state index contributed by atoms with van der Waals surface area (Å²) in [5, 5.41) is 3.12. The first-order valence-electron chi connectivity index (χ1n) is 9.15. The average molecular weight is 294 g/mol. The van der Waals surface area contributed by atoms with Crippen LogP contribution in [0.2, 0.25) is 0 Å². The monoisotopic (exact) mass is 294 g/mol. The lowest BCUT2D eigenvalue weighted by Gasteiger charge is -2.34. The Morgan fingerprint density at radius 1 is 1.10 bits per heavy atom. The predicted molar refractivity (Wildman–Crippen MR) is 88.2 cm³/mol. The minimum atomic E-state index is 0.264. The Kier molecular flexibility index (Phi) is 7.01. The molecular weight excluding hydrogens is 260 g/mol. The molecule has 1 aliphatic carbocycles. The van der Waals surface area contributed by atoms with Gasteiger partial charge in [-0.05, 0) is 57.0 Å². The van der Waals surface area contributed by atoms with Crippen LogP contribution in [0.3, 0.4) is 0 Å². The largest absolute Gasteiger partial charge is 0.356 e. The normalized spacial score (nSPS) is 22.6. The second kappa shape index (κ2) is 8.77. The summed E-state index contributed by atoms with van der Waals surface area (Å²) in [6, 6.07) is 0. The maximum atomic E-state index is 12.1. The van der Waals surface area contributed by atoms with E-state index in [9.17, 15) is 4.79 Å². The van der Waals surface area contributed by atoms with E-state index < -0.39 is 0 Å². The van der Waals surface area contributed by atoms with E-state index >= 15 is 0 Å². The lowest BCUT2D eigenvalue weighted by Crippen LogP contribution is -2.42. The van der Waals surface area contributed by atoms with Gasteiger partial charge in [-0.1, -0.05) is 33.1 Å². The summed E-state index contributed by atoms with van der Waals surface area (Å²) in [6.07, 6.45) is 10.4. The molecule has 3 heteroatoms. The van der Waals surface area contributed by atoms with E-state index in [1.54, 1.807) is 0 Å². The first-order valence-corrected chi connectivity index (χ1v) is 9.15. The van der Waals surface area contributed by atoms with Crippen LogP contribution in [0.1, 0.15) is 65.2 Å². The van der Waals surface area contributed by atoms with Crippen LogP contribution >= 0.6 is 0 Å². The van der Waals surface area contributed by atoms with Gasteiger partial charge in [0.25, 0.3) is 0 Å². The molecule has 1 aliphatic heterocycles. The average Bonchev–Trinajstić information content (AvgIpc) is 2.48. The molecule has 1 heterocycles. The molecular formula is C18H34N2O. The molecule has 1 saturated heterocycles. The van der Waals surface area contributed by atoms with Crippen molar-refractivity contribution in [2.45, 2.75) is 65.2 Å². The standard InChI is InChI=1S/C18H34N2O/c1-15(2)8-11-19-18(21)17-9-12-20(13-10-17)14-16-6-4-3-5-7-16/h15-17H,3-14H2,1-2H3,(H,19,21). The number of hydrogen-bond donors (Lipinski definition) is 1. The molecule has 21 heavy (non-hydrogen) atoms. The van der Waals surface area contributed by atoms with Crippen molar-refractivity contribution in [3.05, 3.63) is 0 Å². The van der Waals surface area contributed by atoms with E-state index in [2.05, 4.69) is 24.1 Å². The highest BCUT2D eigenvalue weighted by Crippen LogP contribution is 2.26. The van der Waals surface area contributed by atoms with Crippen LogP contribution in [-0.4, -0.2) is 37.0 Å². The van der Waals surface area contributed by atoms with E-state index in [1.807, 2.05) is 0 Å². The molecule has 1 saturated carbocycles. The number of hydrogen-bond acceptors (Lipinski definition) is 2. The maximum Gasteiger partial charge on any atom is 0.223 e. The van der Waals surface area contributed by atoms with Crippen LogP contribution in [0.5, 0.6) is 0 Å². The van der Waals surface area contributed by atoms with Crippen LogP contribution in [-0.2, 0) is 4.79 Å². The van der Waals surface area contributed by atoms with Crippen molar-refractivity contribution in [1.82, 2.24) is 10.2 Å². The number of rotatable bonds is 6. The van der Waals surface area contributed by atoms with Crippen molar-refractivity contribution < 1.29 is 4.79 Å². The van der Waals surface area contributed by atoms with Crippen molar-refractivity contribution in [2.75, 3.05) is 26.2 Å². The molecule has 0 spiro atoms. The minimum absolute atomic E-state index is 0.264. The zero-order chi connectivity index (χ0) is 15.1. The van der Waals surface area contributed by atoms with Crippen molar-refractivity contribution in [3.8, 4) is 0 Å². The molecule has 2 aliphatic rings. The van der Waals surface area contributed by atoms with Gasteiger partial charge in [0.05, 0.1) is 0 Å². The highest BCUT2D eigenvalue weighted by molar-refractivity contribution is 5.78. The molecule has 0 unspecified atom stereocenters. The zero-order valence-electron chi connectivity index (χ0n) is 14.1. The fourth-order valence-corrected chi connectivity index (χ4v) is 3.74. The lowest BCUT2D eigenvalue weighted by atomic mass is 9.88. The molecule has 1 amide bonds. The third-order valence-electron chi connectivity index (χ3n) is 5.22. The zero-order valence-corrected chi connectivity index (χ0v) is 14.1. The summed E-state index contributed by atoms with van der Waals surface area (Å²) in [4.78, 5) is 14.8. The topological polar surface area (TPSA) is 32.3 Å². The molecule has 2 rings (SSSR count). The first kappa shape index (κ1) is 16.8. The fourth-order valence-electron chi connectivity index (χ4n) is 3.74. The summed E-state index contributed by atoms with van der Waals surface area (Å²) in [7, 11) is 0. The summed E-state index contributed by atoms with van der Waals surface area (Å²) in [6.45, 7) is 8.78. The Balaban J connectivity index is 1.61. The van der Waals surface area contributed by atoms with Crippen molar-refractivity contribution in [2.24, 2.45) is 17.8 Å².